The van der Waals surface area contributed by atoms with Crippen molar-refractivity contribution in [1.82, 2.24) is 29.7 Å². The number of halogens is 1. The Balaban J connectivity index is 1.32. The first kappa shape index (κ1) is 15.2. The van der Waals surface area contributed by atoms with Crippen LogP contribution in [-0.2, 0) is 6.54 Å². The molecule has 7 nitrogen and oxygen atoms in total. The maximum absolute atomic E-state index is 4.74. The van der Waals surface area contributed by atoms with E-state index in [-0.39, 0.29) is 0 Å². The lowest BCUT2D eigenvalue weighted by molar-refractivity contribution is 0.106. The molecular weight excluding hydrogens is 382 g/mol. The third kappa shape index (κ3) is 2.60. The average molecular weight is 400 g/mol. The number of hydrogen-bond acceptors (Lipinski definition) is 6. The van der Waals surface area contributed by atoms with Gasteiger partial charge in [-0.25, -0.2) is 0 Å². The maximum atomic E-state index is 4.74. The molecule has 3 fully saturated rings. The van der Waals surface area contributed by atoms with Gasteiger partial charge >= 0.3 is 0 Å². The summed E-state index contributed by atoms with van der Waals surface area (Å²) in [5, 5.41) is 12.9. The van der Waals surface area contributed by atoms with Gasteiger partial charge in [0.1, 0.15) is 5.82 Å². The van der Waals surface area contributed by atoms with Gasteiger partial charge in [0.25, 0.3) is 0 Å². The summed E-state index contributed by atoms with van der Waals surface area (Å²) in [4.78, 5) is 9.44. The Morgan fingerprint density at radius 1 is 1.12 bits per heavy atom. The first-order chi connectivity index (χ1) is 12.2. The lowest BCUT2D eigenvalue weighted by Gasteiger charge is -2.56. The van der Waals surface area contributed by atoms with Crippen molar-refractivity contribution in [3.63, 3.8) is 0 Å². The van der Waals surface area contributed by atoms with Crippen molar-refractivity contribution >= 4 is 27.4 Å². The van der Waals surface area contributed by atoms with Gasteiger partial charge in [0.2, 0.25) is 0 Å². The molecule has 2 bridgehead atoms. The molecule has 25 heavy (non-hydrogen) atoms. The minimum absolute atomic E-state index is 0.524. The molecule has 6 heterocycles. The average Bonchev–Trinajstić information content (AvgIpc) is 2.98. The second kappa shape index (κ2) is 5.74. The lowest BCUT2D eigenvalue weighted by Crippen LogP contribution is -2.69. The zero-order valence-corrected chi connectivity index (χ0v) is 15.5. The van der Waals surface area contributed by atoms with Crippen LogP contribution in [0, 0.1) is 6.92 Å². The van der Waals surface area contributed by atoms with Gasteiger partial charge in [-0.3, -0.25) is 9.88 Å². The number of aromatic nitrogens is 5. The smallest absolute Gasteiger partial charge is 0.178 e. The summed E-state index contributed by atoms with van der Waals surface area (Å²) < 4.78 is 2.85. The number of rotatable bonds is 3. The number of anilines is 1. The van der Waals surface area contributed by atoms with E-state index in [4.69, 9.17) is 5.10 Å². The molecule has 2 unspecified atom stereocenters. The molecule has 0 spiro atoms. The van der Waals surface area contributed by atoms with Gasteiger partial charge in [-0.05, 0) is 53.5 Å². The standard InChI is InChI=1S/C17H18BrN7/c1-11-20-21-16-4-5-17(22-25(11)16)24-14-6-15(24)10-23(9-14)8-13-3-2-12(18)7-19-13/h2-5,7,14-15H,6,8-10H2,1H3. The fourth-order valence-corrected chi connectivity index (χ4v) is 4.19. The molecule has 3 aliphatic heterocycles. The van der Waals surface area contributed by atoms with Gasteiger partial charge in [-0.2, -0.15) is 4.52 Å². The molecule has 0 saturated carbocycles. The van der Waals surface area contributed by atoms with Crippen molar-refractivity contribution in [3.05, 3.63) is 46.5 Å². The van der Waals surface area contributed by atoms with Crippen LogP contribution >= 0.6 is 15.9 Å². The van der Waals surface area contributed by atoms with Crippen LogP contribution in [0.3, 0.4) is 0 Å². The van der Waals surface area contributed by atoms with Gasteiger partial charge in [0.15, 0.2) is 11.5 Å². The first-order valence-electron chi connectivity index (χ1n) is 8.47. The van der Waals surface area contributed by atoms with Crippen LogP contribution < -0.4 is 4.90 Å². The number of piperidine rings is 1. The Kier molecular flexibility index (Phi) is 3.49. The number of pyridine rings is 1. The minimum Gasteiger partial charge on any atom is -0.346 e. The third-order valence-corrected chi connectivity index (χ3v) is 5.58. The Labute approximate surface area is 153 Å². The molecule has 3 saturated heterocycles. The second-order valence-corrected chi connectivity index (χ2v) is 7.74. The topological polar surface area (TPSA) is 62.5 Å². The van der Waals surface area contributed by atoms with E-state index in [0.29, 0.717) is 12.1 Å². The van der Waals surface area contributed by atoms with E-state index in [1.54, 1.807) is 0 Å². The van der Waals surface area contributed by atoms with Crippen molar-refractivity contribution in [3.8, 4) is 0 Å². The quantitative estimate of drug-likeness (QED) is 0.671. The van der Waals surface area contributed by atoms with Crippen LogP contribution in [0.1, 0.15) is 17.9 Å². The summed E-state index contributed by atoms with van der Waals surface area (Å²) in [6.45, 7) is 4.94. The van der Waals surface area contributed by atoms with Gasteiger partial charge in [-0.15, -0.1) is 15.3 Å². The zero-order valence-electron chi connectivity index (χ0n) is 13.9. The van der Waals surface area contributed by atoms with Gasteiger partial charge in [-0.1, -0.05) is 0 Å². The fraction of sp³-hybridized carbons (Fsp3) is 0.412. The number of piperazine rings is 1. The molecule has 0 aromatic carbocycles. The largest absolute Gasteiger partial charge is 0.346 e. The van der Waals surface area contributed by atoms with E-state index in [2.05, 4.69) is 59.1 Å². The summed E-state index contributed by atoms with van der Waals surface area (Å²) in [5.74, 6) is 1.85. The van der Waals surface area contributed by atoms with E-state index in [9.17, 15) is 0 Å². The normalized spacial score (nSPS) is 23.0. The summed E-state index contributed by atoms with van der Waals surface area (Å²) in [5.41, 5.74) is 1.92. The molecule has 0 N–H and O–H groups in total. The molecule has 3 aromatic heterocycles. The van der Waals surface area contributed by atoms with Gasteiger partial charge in [0, 0.05) is 42.4 Å². The van der Waals surface area contributed by atoms with Gasteiger partial charge < -0.3 is 4.90 Å². The molecule has 3 aliphatic rings. The monoisotopic (exact) mass is 399 g/mol. The minimum atomic E-state index is 0.524. The van der Waals surface area contributed by atoms with Crippen molar-refractivity contribution in [2.75, 3.05) is 18.0 Å². The van der Waals surface area contributed by atoms with Crippen LogP contribution in [0.2, 0.25) is 0 Å². The molecule has 8 heteroatoms. The number of fused-ring (bicyclic) bond motifs is 3. The molecule has 2 atom stereocenters. The van der Waals surface area contributed by atoms with Crippen LogP contribution in [0.15, 0.2) is 34.9 Å². The maximum Gasteiger partial charge on any atom is 0.178 e. The molecule has 0 aliphatic carbocycles. The van der Waals surface area contributed by atoms with Crippen LogP contribution in [0.4, 0.5) is 5.82 Å². The van der Waals surface area contributed by atoms with E-state index in [1.807, 2.05) is 23.7 Å². The van der Waals surface area contributed by atoms with Crippen LogP contribution in [0.5, 0.6) is 0 Å². The van der Waals surface area contributed by atoms with E-state index >= 15 is 0 Å². The number of aryl methyl sites for hydroxylation is 1. The summed E-state index contributed by atoms with van der Waals surface area (Å²) in [6, 6.07) is 9.26. The highest BCUT2D eigenvalue weighted by Crippen LogP contribution is 2.36. The van der Waals surface area contributed by atoms with Crippen LogP contribution in [0.25, 0.3) is 5.65 Å². The van der Waals surface area contributed by atoms with Crippen LogP contribution in [-0.4, -0.2) is 54.9 Å². The number of nitrogens with zero attached hydrogens (tertiary/aromatic N) is 7. The molecule has 0 radical (unpaired) electrons. The van der Waals surface area contributed by atoms with Crippen molar-refractivity contribution < 1.29 is 0 Å². The van der Waals surface area contributed by atoms with Crippen molar-refractivity contribution in [2.45, 2.75) is 32.0 Å². The SMILES string of the molecule is Cc1nnc2ccc(N3C4CC3CN(Cc3ccc(Br)cn3)C4)nn12. The summed E-state index contributed by atoms with van der Waals surface area (Å²) in [7, 11) is 0. The summed E-state index contributed by atoms with van der Waals surface area (Å²) in [6.07, 6.45) is 3.11. The Hall–Kier alpha value is -2.06. The molecule has 128 valence electrons. The first-order valence-corrected chi connectivity index (χ1v) is 9.27. The molecular formula is C17H18BrN7. The zero-order chi connectivity index (χ0) is 17.0. The predicted molar refractivity (Wildman–Crippen MR) is 97.4 cm³/mol. The second-order valence-electron chi connectivity index (χ2n) is 6.82. The highest BCUT2D eigenvalue weighted by atomic mass is 79.9. The molecule has 3 aromatic rings. The third-order valence-electron chi connectivity index (χ3n) is 5.11. The molecule has 0 amide bonds. The van der Waals surface area contributed by atoms with Gasteiger partial charge in [0.05, 0.1) is 5.69 Å². The van der Waals surface area contributed by atoms with Crippen molar-refractivity contribution in [2.24, 2.45) is 0 Å². The predicted octanol–water partition coefficient (Wildman–Crippen LogP) is 2.05. The molecule has 6 rings (SSSR count). The highest BCUT2D eigenvalue weighted by Gasteiger charge is 2.45. The van der Waals surface area contributed by atoms with Crippen molar-refractivity contribution in [1.29, 1.82) is 0 Å². The Morgan fingerprint density at radius 2 is 1.96 bits per heavy atom. The Bertz CT molecular complexity index is 910. The van der Waals surface area contributed by atoms with E-state index in [1.165, 1.54) is 6.42 Å². The lowest BCUT2D eigenvalue weighted by atomic mass is 9.87. The van der Waals surface area contributed by atoms with E-state index < -0.39 is 0 Å². The number of hydrogen-bond donors (Lipinski definition) is 0. The highest BCUT2D eigenvalue weighted by molar-refractivity contribution is 9.10. The summed E-state index contributed by atoms with van der Waals surface area (Å²) >= 11 is 3.44. The Morgan fingerprint density at radius 3 is 2.72 bits per heavy atom. The fourth-order valence-electron chi connectivity index (χ4n) is 3.95. The van der Waals surface area contributed by atoms with E-state index in [0.717, 1.165) is 47.1 Å².